The van der Waals surface area contributed by atoms with Crippen LogP contribution < -0.4 is 21.1 Å². The van der Waals surface area contributed by atoms with Crippen molar-refractivity contribution in [3.63, 3.8) is 0 Å². The fraction of sp³-hybridized carbons (Fsp3) is 0.467. The van der Waals surface area contributed by atoms with Gasteiger partial charge < -0.3 is 14.8 Å². The summed E-state index contributed by atoms with van der Waals surface area (Å²) in [6, 6.07) is 1.38. The number of nitrogens with zero attached hydrogens (tertiary/aromatic N) is 5. The first kappa shape index (κ1) is 16.0. The first-order valence-corrected chi connectivity index (χ1v) is 7.86. The highest BCUT2D eigenvalue weighted by atomic mass is 16.2. The minimum Gasteiger partial charge on any atom is -0.350 e. The van der Waals surface area contributed by atoms with Gasteiger partial charge in [0.05, 0.1) is 0 Å². The Balaban J connectivity index is 1.62. The van der Waals surface area contributed by atoms with Crippen LogP contribution in [0.4, 0.5) is 16.4 Å². The van der Waals surface area contributed by atoms with Crippen molar-refractivity contribution < 1.29 is 4.79 Å². The lowest BCUT2D eigenvalue weighted by atomic mass is 10.1. The minimum absolute atomic E-state index is 0.0471. The van der Waals surface area contributed by atoms with E-state index >= 15 is 0 Å². The largest absolute Gasteiger partial charge is 0.350 e. The van der Waals surface area contributed by atoms with Crippen LogP contribution in [0.25, 0.3) is 0 Å². The lowest BCUT2D eigenvalue weighted by Crippen LogP contribution is -2.50. The van der Waals surface area contributed by atoms with Crippen LogP contribution in [0.3, 0.4) is 0 Å². The number of nitrogens with one attached hydrogen (secondary N) is 2. The molecule has 1 aliphatic rings. The molecule has 1 saturated heterocycles. The number of anilines is 2. The van der Waals surface area contributed by atoms with Crippen LogP contribution in [0, 0.1) is 0 Å². The summed E-state index contributed by atoms with van der Waals surface area (Å²) in [6.45, 7) is 1.31. The Labute approximate surface area is 139 Å². The van der Waals surface area contributed by atoms with E-state index in [1.165, 1.54) is 4.57 Å². The van der Waals surface area contributed by atoms with Crippen molar-refractivity contribution in [1.82, 2.24) is 24.6 Å². The monoisotopic (exact) mass is 331 g/mol. The number of urea groups is 1. The van der Waals surface area contributed by atoms with Crippen molar-refractivity contribution in [2.75, 3.05) is 23.3 Å². The summed E-state index contributed by atoms with van der Waals surface area (Å²) in [7, 11) is 3.49. The second-order valence-corrected chi connectivity index (χ2v) is 5.93. The maximum absolute atomic E-state index is 12.2. The number of carbonyl (C=O) groups excluding carboxylic acids is 1. The predicted molar refractivity (Wildman–Crippen MR) is 90.1 cm³/mol. The van der Waals surface area contributed by atoms with Gasteiger partial charge in [0, 0.05) is 57.9 Å². The van der Waals surface area contributed by atoms with Crippen molar-refractivity contribution >= 4 is 17.7 Å². The number of piperidine rings is 1. The summed E-state index contributed by atoms with van der Waals surface area (Å²) in [5.74, 6) is 0.929. The Morgan fingerprint density at radius 2 is 2.17 bits per heavy atom. The summed E-state index contributed by atoms with van der Waals surface area (Å²) in [6.07, 6.45) is 6.75. The van der Waals surface area contributed by atoms with Gasteiger partial charge >= 0.3 is 6.03 Å². The Kier molecular flexibility index (Phi) is 4.50. The zero-order chi connectivity index (χ0) is 17.1. The van der Waals surface area contributed by atoms with Crippen molar-refractivity contribution in [3.05, 3.63) is 35.0 Å². The maximum Gasteiger partial charge on any atom is 0.320 e. The normalized spacial score (nSPS) is 17.6. The second-order valence-electron chi connectivity index (χ2n) is 5.93. The molecule has 128 valence electrons. The molecule has 9 heteroatoms. The van der Waals surface area contributed by atoms with E-state index in [0.29, 0.717) is 18.2 Å². The second kappa shape index (κ2) is 6.73. The topological polar surface area (TPSA) is 97.1 Å². The van der Waals surface area contributed by atoms with Gasteiger partial charge in [0.25, 0.3) is 5.56 Å². The van der Waals surface area contributed by atoms with Gasteiger partial charge in [-0.05, 0) is 12.8 Å². The van der Waals surface area contributed by atoms with Gasteiger partial charge in [-0.2, -0.15) is 5.10 Å². The summed E-state index contributed by atoms with van der Waals surface area (Å²) in [5.41, 5.74) is -0.129. The fourth-order valence-corrected chi connectivity index (χ4v) is 2.81. The summed E-state index contributed by atoms with van der Waals surface area (Å²) < 4.78 is 3.13. The molecule has 2 amide bonds. The Morgan fingerprint density at radius 3 is 2.92 bits per heavy atom. The van der Waals surface area contributed by atoms with Crippen molar-refractivity contribution in [2.45, 2.75) is 18.9 Å². The third-order valence-corrected chi connectivity index (χ3v) is 4.01. The number of rotatable bonds is 3. The van der Waals surface area contributed by atoms with Gasteiger partial charge in [0.2, 0.25) is 0 Å². The van der Waals surface area contributed by atoms with Crippen molar-refractivity contribution in [3.8, 4) is 0 Å². The molecule has 2 aromatic rings. The zero-order valence-electron chi connectivity index (χ0n) is 13.8. The standard InChI is InChI=1S/C15H21N7O2/c1-20-9-6-16-13(14(20)23)22-7-3-4-11(10-22)17-15(24)18-12-5-8-21(2)19-12/h5-6,8-9,11H,3-4,7,10H2,1-2H3,(H2,17,18,19,24)/t11-/m0/s1. The SMILES string of the molecule is Cn1ccc(NC(=O)N[C@H]2CCCN(c3nccn(C)c3=O)C2)n1. The third kappa shape index (κ3) is 3.55. The first-order valence-electron chi connectivity index (χ1n) is 7.86. The molecule has 2 aromatic heterocycles. The number of aryl methyl sites for hydroxylation is 2. The van der Waals surface area contributed by atoms with E-state index in [-0.39, 0.29) is 17.6 Å². The molecular weight excluding hydrogens is 310 g/mol. The Bertz CT molecular complexity index is 782. The van der Waals surface area contributed by atoms with Crippen LogP contribution in [-0.4, -0.2) is 44.5 Å². The molecule has 0 unspecified atom stereocenters. The molecule has 1 fully saturated rings. The summed E-state index contributed by atoms with van der Waals surface area (Å²) in [4.78, 5) is 30.4. The number of amides is 2. The lowest BCUT2D eigenvalue weighted by molar-refractivity contribution is 0.246. The molecule has 3 rings (SSSR count). The molecule has 1 aliphatic heterocycles. The number of carbonyl (C=O) groups is 1. The molecule has 0 bridgehead atoms. The van der Waals surface area contributed by atoms with E-state index in [1.54, 1.807) is 43.4 Å². The van der Waals surface area contributed by atoms with Crippen molar-refractivity contribution in [1.29, 1.82) is 0 Å². The average molecular weight is 331 g/mol. The quantitative estimate of drug-likeness (QED) is 0.843. The van der Waals surface area contributed by atoms with Gasteiger partial charge in [0.1, 0.15) is 0 Å². The van der Waals surface area contributed by atoms with E-state index in [2.05, 4.69) is 20.7 Å². The molecule has 2 N–H and O–H groups in total. The van der Waals surface area contributed by atoms with Gasteiger partial charge in [0.15, 0.2) is 11.6 Å². The van der Waals surface area contributed by atoms with E-state index in [9.17, 15) is 9.59 Å². The van der Waals surface area contributed by atoms with E-state index in [4.69, 9.17) is 0 Å². The minimum atomic E-state index is -0.297. The summed E-state index contributed by atoms with van der Waals surface area (Å²) in [5, 5.41) is 9.74. The van der Waals surface area contributed by atoms with Gasteiger partial charge in [-0.15, -0.1) is 0 Å². The van der Waals surface area contributed by atoms with Crippen LogP contribution in [0.2, 0.25) is 0 Å². The first-order chi connectivity index (χ1) is 11.5. The number of hydrogen-bond donors (Lipinski definition) is 2. The molecule has 0 aliphatic carbocycles. The number of hydrogen-bond acceptors (Lipinski definition) is 5. The van der Waals surface area contributed by atoms with Crippen LogP contribution in [0.15, 0.2) is 29.5 Å². The van der Waals surface area contributed by atoms with Gasteiger partial charge in [-0.1, -0.05) is 0 Å². The molecular formula is C15H21N7O2. The molecule has 0 aromatic carbocycles. The molecule has 9 nitrogen and oxygen atoms in total. The van der Waals surface area contributed by atoms with E-state index in [1.807, 2.05) is 4.90 Å². The fourth-order valence-electron chi connectivity index (χ4n) is 2.81. The highest BCUT2D eigenvalue weighted by Crippen LogP contribution is 2.14. The average Bonchev–Trinajstić information content (AvgIpc) is 2.95. The maximum atomic E-state index is 12.2. The smallest absolute Gasteiger partial charge is 0.320 e. The van der Waals surface area contributed by atoms with Crippen LogP contribution >= 0.6 is 0 Å². The third-order valence-electron chi connectivity index (χ3n) is 4.01. The van der Waals surface area contributed by atoms with Gasteiger partial charge in [-0.3, -0.25) is 14.8 Å². The zero-order valence-corrected chi connectivity index (χ0v) is 13.8. The highest BCUT2D eigenvalue weighted by Gasteiger charge is 2.24. The van der Waals surface area contributed by atoms with Crippen LogP contribution in [0.1, 0.15) is 12.8 Å². The molecule has 1 atom stereocenters. The molecule has 0 spiro atoms. The molecule has 0 saturated carbocycles. The Hall–Kier alpha value is -2.84. The molecule has 0 radical (unpaired) electrons. The van der Waals surface area contributed by atoms with E-state index < -0.39 is 0 Å². The number of aromatic nitrogens is 4. The van der Waals surface area contributed by atoms with Gasteiger partial charge in [-0.25, -0.2) is 9.78 Å². The van der Waals surface area contributed by atoms with Crippen molar-refractivity contribution in [2.24, 2.45) is 14.1 Å². The highest BCUT2D eigenvalue weighted by molar-refractivity contribution is 5.88. The Morgan fingerprint density at radius 1 is 1.33 bits per heavy atom. The molecule has 24 heavy (non-hydrogen) atoms. The van der Waals surface area contributed by atoms with Crippen LogP contribution in [0.5, 0.6) is 0 Å². The predicted octanol–water partition coefficient (Wildman–Crippen LogP) is 0.304. The molecule has 3 heterocycles. The lowest BCUT2D eigenvalue weighted by Gasteiger charge is -2.33. The summed E-state index contributed by atoms with van der Waals surface area (Å²) >= 11 is 0. The van der Waals surface area contributed by atoms with E-state index in [0.717, 1.165) is 19.4 Å². The van der Waals surface area contributed by atoms with Crippen LogP contribution in [-0.2, 0) is 14.1 Å².